The second kappa shape index (κ2) is 2.35. The van der Waals surface area contributed by atoms with Crippen LogP contribution >= 0.6 is 11.3 Å². The van der Waals surface area contributed by atoms with Crippen molar-refractivity contribution in [3.63, 3.8) is 0 Å². The Hall–Kier alpha value is -1.36. The Morgan fingerprint density at radius 1 is 1.36 bits per heavy atom. The van der Waals surface area contributed by atoms with Gasteiger partial charge in [-0.25, -0.2) is 0 Å². The summed E-state index contributed by atoms with van der Waals surface area (Å²) in [5, 5.41) is 10.1. The molecule has 2 rings (SSSR count). The van der Waals surface area contributed by atoms with Gasteiger partial charge in [0.15, 0.2) is 0 Å². The normalized spacial score (nSPS) is 10.2. The monoisotopic (exact) mass is 166 g/mol. The average molecular weight is 166 g/mol. The van der Waals surface area contributed by atoms with Crippen molar-refractivity contribution in [1.29, 1.82) is 0 Å². The maximum absolute atomic E-state index is 5.55. The number of nitrogens with zero attached hydrogens (tertiary/aromatic N) is 3. The van der Waals surface area contributed by atoms with Gasteiger partial charge in [0, 0.05) is 5.38 Å². The quantitative estimate of drug-likeness (QED) is 0.685. The standard InChI is InChI=1S/C6H6N4S/c7-6-1-5(2-11-6)10-3-8-9-4-10/h1-4H,7H2. The van der Waals surface area contributed by atoms with Crippen molar-refractivity contribution in [3.05, 3.63) is 24.1 Å². The molecule has 0 unspecified atom stereocenters. The number of hydrogen-bond donors (Lipinski definition) is 1. The lowest BCUT2D eigenvalue weighted by molar-refractivity contribution is 1.07. The third-order valence-electron chi connectivity index (χ3n) is 1.32. The number of thiophene rings is 1. The van der Waals surface area contributed by atoms with E-state index in [1.807, 2.05) is 16.0 Å². The molecule has 0 saturated carbocycles. The molecule has 0 aliphatic heterocycles. The highest BCUT2D eigenvalue weighted by molar-refractivity contribution is 7.14. The Morgan fingerprint density at radius 3 is 2.64 bits per heavy atom. The molecule has 0 aromatic carbocycles. The summed E-state index contributed by atoms with van der Waals surface area (Å²) in [6.07, 6.45) is 3.28. The van der Waals surface area contributed by atoms with Gasteiger partial charge in [0.2, 0.25) is 0 Å². The number of nitrogen functional groups attached to an aromatic ring is 1. The average Bonchev–Trinajstić information content (AvgIpc) is 2.55. The first-order valence-corrected chi connectivity index (χ1v) is 3.93. The highest BCUT2D eigenvalue weighted by Crippen LogP contribution is 2.18. The summed E-state index contributed by atoms with van der Waals surface area (Å²) in [4.78, 5) is 0. The van der Waals surface area contributed by atoms with Crippen LogP contribution in [-0.2, 0) is 0 Å². The number of hydrogen-bond acceptors (Lipinski definition) is 4. The van der Waals surface area contributed by atoms with Crippen LogP contribution in [0.1, 0.15) is 0 Å². The minimum atomic E-state index is 0.800. The molecule has 11 heavy (non-hydrogen) atoms. The van der Waals surface area contributed by atoms with E-state index in [0.29, 0.717) is 0 Å². The topological polar surface area (TPSA) is 56.7 Å². The number of anilines is 1. The van der Waals surface area contributed by atoms with Crippen LogP contribution in [0.4, 0.5) is 5.00 Å². The van der Waals surface area contributed by atoms with E-state index in [9.17, 15) is 0 Å². The zero-order valence-corrected chi connectivity index (χ0v) is 6.45. The van der Waals surface area contributed by atoms with E-state index >= 15 is 0 Å². The molecule has 0 bridgehead atoms. The van der Waals surface area contributed by atoms with Crippen LogP contribution in [0.2, 0.25) is 0 Å². The van der Waals surface area contributed by atoms with Gasteiger partial charge in [0.1, 0.15) is 12.7 Å². The van der Waals surface area contributed by atoms with Crippen LogP contribution in [0, 0.1) is 0 Å². The van der Waals surface area contributed by atoms with Gasteiger partial charge in [0.25, 0.3) is 0 Å². The van der Waals surface area contributed by atoms with E-state index < -0.39 is 0 Å². The molecule has 56 valence electrons. The van der Waals surface area contributed by atoms with Crippen LogP contribution in [0.25, 0.3) is 5.69 Å². The molecule has 0 radical (unpaired) electrons. The molecule has 0 aliphatic carbocycles. The summed E-state index contributed by atoms with van der Waals surface area (Å²) in [7, 11) is 0. The van der Waals surface area contributed by atoms with Crippen molar-refractivity contribution in [2.45, 2.75) is 0 Å². The molecule has 2 aromatic heterocycles. The molecular formula is C6H6N4S. The number of nitrogens with two attached hydrogens (primary N) is 1. The Kier molecular flexibility index (Phi) is 1.36. The maximum Gasteiger partial charge on any atom is 0.123 e. The first kappa shape index (κ1) is 6.36. The third kappa shape index (κ3) is 1.10. The molecule has 2 N–H and O–H groups in total. The summed E-state index contributed by atoms with van der Waals surface area (Å²) < 4.78 is 1.81. The van der Waals surface area contributed by atoms with Crippen molar-refractivity contribution < 1.29 is 0 Å². The molecule has 0 amide bonds. The van der Waals surface area contributed by atoms with E-state index in [1.165, 1.54) is 11.3 Å². The van der Waals surface area contributed by atoms with Crippen molar-refractivity contribution >= 4 is 16.3 Å². The summed E-state index contributed by atoms with van der Waals surface area (Å²) >= 11 is 1.50. The Labute approximate surface area is 67.3 Å². The molecule has 0 spiro atoms. The predicted molar refractivity (Wildman–Crippen MR) is 43.6 cm³/mol. The summed E-state index contributed by atoms with van der Waals surface area (Å²) in [5.74, 6) is 0. The Bertz CT molecular complexity index is 337. The van der Waals surface area contributed by atoms with Crippen LogP contribution < -0.4 is 5.73 Å². The van der Waals surface area contributed by atoms with Gasteiger partial charge in [-0.2, -0.15) is 0 Å². The molecule has 2 aromatic rings. The van der Waals surface area contributed by atoms with E-state index in [2.05, 4.69) is 10.2 Å². The van der Waals surface area contributed by atoms with Gasteiger partial charge in [-0.1, -0.05) is 0 Å². The summed E-state index contributed by atoms with van der Waals surface area (Å²) in [6.45, 7) is 0. The van der Waals surface area contributed by atoms with Crippen LogP contribution in [0.15, 0.2) is 24.1 Å². The number of aromatic nitrogens is 3. The SMILES string of the molecule is Nc1cc(-n2cnnc2)cs1. The minimum Gasteiger partial charge on any atom is -0.391 e. The van der Waals surface area contributed by atoms with Gasteiger partial charge >= 0.3 is 0 Å². The van der Waals surface area contributed by atoms with E-state index in [4.69, 9.17) is 5.73 Å². The van der Waals surface area contributed by atoms with Crippen molar-refractivity contribution in [3.8, 4) is 5.69 Å². The first-order chi connectivity index (χ1) is 5.36. The molecule has 0 fully saturated rings. The fourth-order valence-corrected chi connectivity index (χ4v) is 1.45. The van der Waals surface area contributed by atoms with Gasteiger partial charge in [-0.15, -0.1) is 21.5 Å². The molecular weight excluding hydrogens is 160 g/mol. The lowest BCUT2D eigenvalue weighted by Crippen LogP contribution is -1.85. The molecule has 4 nitrogen and oxygen atoms in total. The van der Waals surface area contributed by atoms with Crippen molar-refractivity contribution in [2.24, 2.45) is 0 Å². The van der Waals surface area contributed by atoms with Gasteiger partial charge < -0.3 is 5.73 Å². The molecule has 5 heteroatoms. The first-order valence-electron chi connectivity index (χ1n) is 3.05. The lowest BCUT2D eigenvalue weighted by atomic mass is 10.5. The van der Waals surface area contributed by atoms with Crippen LogP contribution in [-0.4, -0.2) is 14.8 Å². The second-order valence-electron chi connectivity index (χ2n) is 2.08. The second-order valence-corrected chi connectivity index (χ2v) is 3.02. The lowest BCUT2D eigenvalue weighted by Gasteiger charge is -1.91. The summed E-state index contributed by atoms with van der Waals surface area (Å²) in [6, 6.07) is 1.88. The van der Waals surface area contributed by atoms with Crippen molar-refractivity contribution in [1.82, 2.24) is 14.8 Å². The molecule has 2 heterocycles. The molecule has 0 saturated heterocycles. The fraction of sp³-hybridized carbons (Fsp3) is 0. The van der Waals surface area contributed by atoms with Crippen LogP contribution in [0.5, 0.6) is 0 Å². The van der Waals surface area contributed by atoms with Gasteiger partial charge in [-0.3, -0.25) is 4.57 Å². The van der Waals surface area contributed by atoms with Gasteiger partial charge in [-0.05, 0) is 6.07 Å². The number of rotatable bonds is 1. The highest BCUT2D eigenvalue weighted by atomic mass is 32.1. The van der Waals surface area contributed by atoms with Gasteiger partial charge in [0.05, 0.1) is 10.7 Å². The third-order valence-corrected chi connectivity index (χ3v) is 2.07. The van der Waals surface area contributed by atoms with Crippen molar-refractivity contribution in [2.75, 3.05) is 5.73 Å². The fourth-order valence-electron chi connectivity index (χ4n) is 0.812. The Balaban J connectivity index is 2.45. The Morgan fingerprint density at radius 2 is 2.09 bits per heavy atom. The van der Waals surface area contributed by atoms with E-state index in [-0.39, 0.29) is 0 Å². The zero-order valence-electron chi connectivity index (χ0n) is 5.64. The summed E-state index contributed by atoms with van der Waals surface area (Å²) in [5.41, 5.74) is 6.56. The minimum absolute atomic E-state index is 0.800. The maximum atomic E-state index is 5.55. The molecule has 0 aliphatic rings. The molecule has 0 atom stereocenters. The van der Waals surface area contributed by atoms with Crippen LogP contribution in [0.3, 0.4) is 0 Å². The largest absolute Gasteiger partial charge is 0.391 e. The highest BCUT2D eigenvalue weighted by Gasteiger charge is 1.97. The van der Waals surface area contributed by atoms with E-state index in [0.717, 1.165) is 10.7 Å². The smallest absolute Gasteiger partial charge is 0.123 e. The van der Waals surface area contributed by atoms with E-state index in [1.54, 1.807) is 12.7 Å². The zero-order chi connectivity index (χ0) is 7.68. The predicted octanol–water partition coefficient (Wildman–Crippen LogP) is 0.911.